The van der Waals surface area contributed by atoms with E-state index in [4.69, 9.17) is 15.3 Å². The number of rotatable bonds is 2. The molecule has 5 heteroatoms. The predicted octanol–water partition coefficient (Wildman–Crippen LogP) is 3.41. The van der Waals surface area contributed by atoms with Crippen LogP contribution < -0.4 is 4.74 Å². The van der Waals surface area contributed by atoms with Crippen molar-refractivity contribution in [3.8, 4) is 23.6 Å². The summed E-state index contributed by atoms with van der Waals surface area (Å²) in [5.74, 6) is 1.09. The SMILES string of the molecule is Cc1[nH]nc2cccc(Oc3cc(C#N)cc(C#N)c3)c12. The van der Waals surface area contributed by atoms with Gasteiger partial charge < -0.3 is 4.74 Å². The van der Waals surface area contributed by atoms with Crippen molar-refractivity contribution in [2.75, 3.05) is 0 Å². The lowest BCUT2D eigenvalue weighted by atomic mass is 10.1. The highest BCUT2D eigenvalue weighted by molar-refractivity contribution is 5.87. The Hall–Kier alpha value is -3.31. The van der Waals surface area contributed by atoms with Crippen LogP contribution in [0.3, 0.4) is 0 Å². The van der Waals surface area contributed by atoms with E-state index < -0.39 is 0 Å². The smallest absolute Gasteiger partial charge is 0.138 e. The molecule has 3 rings (SSSR count). The monoisotopic (exact) mass is 274 g/mol. The van der Waals surface area contributed by atoms with Crippen molar-refractivity contribution in [1.82, 2.24) is 10.2 Å². The fourth-order valence-corrected chi connectivity index (χ4v) is 2.19. The molecule has 1 N–H and O–H groups in total. The number of hydrogen-bond donors (Lipinski definition) is 1. The molecule has 5 nitrogen and oxygen atoms in total. The summed E-state index contributed by atoms with van der Waals surface area (Å²) < 4.78 is 5.85. The van der Waals surface area contributed by atoms with E-state index in [9.17, 15) is 0 Å². The minimum atomic E-state index is 0.389. The van der Waals surface area contributed by atoms with E-state index in [2.05, 4.69) is 10.2 Å². The molecule has 21 heavy (non-hydrogen) atoms. The van der Waals surface area contributed by atoms with Gasteiger partial charge in [-0.25, -0.2) is 0 Å². The Balaban J connectivity index is 2.09. The van der Waals surface area contributed by atoms with Gasteiger partial charge in [0, 0.05) is 5.69 Å². The Morgan fingerprint density at radius 3 is 2.48 bits per heavy atom. The van der Waals surface area contributed by atoms with Gasteiger partial charge in [-0.2, -0.15) is 15.6 Å². The van der Waals surface area contributed by atoms with E-state index in [0.29, 0.717) is 22.6 Å². The van der Waals surface area contributed by atoms with E-state index in [-0.39, 0.29) is 0 Å². The summed E-state index contributed by atoms with van der Waals surface area (Å²) in [6.45, 7) is 1.91. The summed E-state index contributed by atoms with van der Waals surface area (Å²) in [4.78, 5) is 0. The topological polar surface area (TPSA) is 85.5 Å². The van der Waals surface area contributed by atoms with E-state index in [1.54, 1.807) is 12.1 Å². The highest BCUT2D eigenvalue weighted by Gasteiger charge is 2.10. The molecule has 0 unspecified atom stereocenters. The van der Waals surface area contributed by atoms with Crippen LogP contribution in [0, 0.1) is 29.6 Å². The molecule has 0 saturated heterocycles. The fraction of sp³-hybridized carbons (Fsp3) is 0.0625. The third-order valence-electron chi connectivity index (χ3n) is 3.12. The molecule has 0 amide bonds. The third kappa shape index (κ3) is 2.29. The number of ether oxygens (including phenoxy) is 1. The van der Waals surface area contributed by atoms with Crippen molar-refractivity contribution >= 4 is 10.9 Å². The Labute approximate surface area is 121 Å². The predicted molar refractivity (Wildman–Crippen MR) is 76.8 cm³/mol. The molecular weight excluding hydrogens is 264 g/mol. The van der Waals surface area contributed by atoms with Gasteiger partial charge >= 0.3 is 0 Å². The van der Waals surface area contributed by atoms with E-state index in [1.807, 2.05) is 37.3 Å². The van der Waals surface area contributed by atoms with Crippen LogP contribution in [-0.2, 0) is 0 Å². The standard InChI is InChI=1S/C16H10N4O/c1-10-16-14(20-19-10)3-2-4-15(16)21-13-6-11(8-17)5-12(7-13)9-18/h2-7H,1H3,(H,19,20). The second-order valence-electron chi connectivity index (χ2n) is 4.57. The molecule has 0 aliphatic heterocycles. The highest BCUT2D eigenvalue weighted by Crippen LogP contribution is 2.31. The summed E-state index contributed by atoms with van der Waals surface area (Å²) in [6, 6.07) is 14.3. The Morgan fingerprint density at radius 1 is 1.10 bits per heavy atom. The van der Waals surface area contributed by atoms with Gasteiger partial charge in [0.05, 0.1) is 34.2 Å². The second kappa shape index (κ2) is 4.99. The second-order valence-corrected chi connectivity index (χ2v) is 4.57. The molecule has 0 aliphatic rings. The maximum Gasteiger partial charge on any atom is 0.138 e. The van der Waals surface area contributed by atoms with E-state index in [0.717, 1.165) is 16.6 Å². The van der Waals surface area contributed by atoms with Crippen molar-refractivity contribution in [3.05, 3.63) is 53.2 Å². The van der Waals surface area contributed by atoms with Crippen LogP contribution in [-0.4, -0.2) is 10.2 Å². The number of H-pyrrole nitrogens is 1. The average Bonchev–Trinajstić information content (AvgIpc) is 2.89. The lowest BCUT2D eigenvalue weighted by Crippen LogP contribution is -1.89. The molecule has 0 aliphatic carbocycles. The zero-order chi connectivity index (χ0) is 14.8. The molecule has 0 fully saturated rings. The Bertz CT molecular complexity index is 880. The van der Waals surface area contributed by atoms with Crippen molar-refractivity contribution in [3.63, 3.8) is 0 Å². The number of nitrogens with zero attached hydrogens (tertiary/aromatic N) is 3. The van der Waals surface area contributed by atoms with Crippen molar-refractivity contribution in [1.29, 1.82) is 10.5 Å². The third-order valence-corrected chi connectivity index (χ3v) is 3.12. The van der Waals surface area contributed by atoms with Crippen LogP contribution in [0.4, 0.5) is 0 Å². The fourth-order valence-electron chi connectivity index (χ4n) is 2.19. The summed E-state index contributed by atoms with van der Waals surface area (Å²) in [5.41, 5.74) is 2.49. The summed E-state index contributed by atoms with van der Waals surface area (Å²) in [7, 11) is 0. The molecular formula is C16H10N4O. The maximum atomic E-state index is 9.00. The first-order chi connectivity index (χ1) is 10.2. The minimum Gasteiger partial charge on any atom is -0.456 e. The van der Waals surface area contributed by atoms with Gasteiger partial charge in [0.1, 0.15) is 11.5 Å². The van der Waals surface area contributed by atoms with Crippen LogP contribution in [0.5, 0.6) is 11.5 Å². The molecule has 0 spiro atoms. The number of aromatic nitrogens is 2. The van der Waals surface area contributed by atoms with Crippen molar-refractivity contribution < 1.29 is 4.74 Å². The first kappa shape index (κ1) is 12.7. The molecule has 100 valence electrons. The van der Waals surface area contributed by atoms with Gasteiger partial charge in [-0.1, -0.05) is 6.07 Å². The number of benzene rings is 2. The molecule has 0 bridgehead atoms. The largest absolute Gasteiger partial charge is 0.456 e. The van der Waals surface area contributed by atoms with Gasteiger partial charge in [0.15, 0.2) is 0 Å². The summed E-state index contributed by atoms with van der Waals surface area (Å²) in [5, 5.41) is 26.0. The Kier molecular flexibility index (Phi) is 3.02. The molecule has 0 radical (unpaired) electrons. The van der Waals surface area contributed by atoms with Crippen LogP contribution >= 0.6 is 0 Å². The molecule has 0 atom stereocenters. The van der Waals surface area contributed by atoms with E-state index in [1.165, 1.54) is 6.07 Å². The first-order valence-electron chi connectivity index (χ1n) is 6.28. The van der Waals surface area contributed by atoms with Gasteiger partial charge in [-0.05, 0) is 37.3 Å². The van der Waals surface area contributed by atoms with Crippen molar-refractivity contribution in [2.24, 2.45) is 0 Å². The lowest BCUT2D eigenvalue weighted by molar-refractivity contribution is 0.488. The summed E-state index contributed by atoms with van der Waals surface area (Å²) >= 11 is 0. The number of hydrogen-bond acceptors (Lipinski definition) is 4. The van der Waals surface area contributed by atoms with Crippen LogP contribution in [0.1, 0.15) is 16.8 Å². The normalized spacial score (nSPS) is 10.0. The Morgan fingerprint density at radius 2 is 1.81 bits per heavy atom. The van der Waals surface area contributed by atoms with Crippen LogP contribution in [0.25, 0.3) is 10.9 Å². The molecule has 2 aromatic carbocycles. The molecule has 1 heterocycles. The quantitative estimate of drug-likeness (QED) is 0.775. The maximum absolute atomic E-state index is 9.00. The number of aromatic amines is 1. The molecule has 3 aromatic rings. The first-order valence-corrected chi connectivity index (χ1v) is 6.28. The average molecular weight is 274 g/mol. The summed E-state index contributed by atoms with van der Waals surface area (Å²) in [6.07, 6.45) is 0. The minimum absolute atomic E-state index is 0.389. The number of aryl methyl sites for hydroxylation is 1. The van der Waals surface area contributed by atoms with Gasteiger partial charge in [0.25, 0.3) is 0 Å². The zero-order valence-electron chi connectivity index (χ0n) is 11.2. The lowest BCUT2D eigenvalue weighted by Gasteiger charge is -2.08. The van der Waals surface area contributed by atoms with Crippen molar-refractivity contribution in [2.45, 2.75) is 6.92 Å². The van der Waals surface area contributed by atoms with Gasteiger partial charge in [-0.15, -0.1) is 0 Å². The number of nitrogens with one attached hydrogen (secondary N) is 1. The number of fused-ring (bicyclic) bond motifs is 1. The van der Waals surface area contributed by atoms with Gasteiger partial charge in [-0.3, -0.25) is 5.10 Å². The zero-order valence-corrected chi connectivity index (χ0v) is 11.2. The van der Waals surface area contributed by atoms with Gasteiger partial charge in [0.2, 0.25) is 0 Å². The van der Waals surface area contributed by atoms with E-state index >= 15 is 0 Å². The van der Waals surface area contributed by atoms with Crippen LogP contribution in [0.2, 0.25) is 0 Å². The molecule has 0 saturated carbocycles. The number of nitriles is 2. The highest BCUT2D eigenvalue weighted by atomic mass is 16.5. The molecule has 1 aromatic heterocycles. The van der Waals surface area contributed by atoms with Crippen LogP contribution in [0.15, 0.2) is 36.4 Å².